The third-order valence-corrected chi connectivity index (χ3v) is 4.46. The third kappa shape index (κ3) is 4.74. The summed E-state index contributed by atoms with van der Waals surface area (Å²) in [5, 5.41) is 3.53. The first kappa shape index (κ1) is 17.3. The molecule has 0 bridgehead atoms. The molecule has 0 saturated heterocycles. The summed E-state index contributed by atoms with van der Waals surface area (Å²) in [6.45, 7) is 3.89. The molecule has 0 amide bonds. The summed E-state index contributed by atoms with van der Waals surface area (Å²) in [6.07, 6.45) is 2.74. The molecular weight excluding hydrogens is 310 g/mol. The normalized spacial score (nSPS) is 12.1. The van der Waals surface area contributed by atoms with Crippen LogP contribution >= 0.6 is 0 Å². The minimum absolute atomic E-state index is 0.277. The van der Waals surface area contributed by atoms with E-state index in [0.29, 0.717) is 0 Å². The van der Waals surface area contributed by atoms with E-state index in [2.05, 4.69) is 54.7 Å². The second kappa shape index (κ2) is 8.54. The maximum absolute atomic E-state index is 5.68. The van der Waals surface area contributed by atoms with Gasteiger partial charge in [-0.1, -0.05) is 42.0 Å². The minimum Gasteiger partial charge on any atom is -0.497 e. The van der Waals surface area contributed by atoms with Crippen molar-refractivity contribution in [2.75, 3.05) is 13.7 Å². The summed E-state index contributed by atoms with van der Waals surface area (Å²) >= 11 is 0. The number of methoxy groups -OCH3 is 1. The fourth-order valence-electron chi connectivity index (χ4n) is 2.98. The Labute approximate surface area is 149 Å². The Morgan fingerprint density at radius 1 is 1.00 bits per heavy atom. The fourth-order valence-corrected chi connectivity index (χ4v) is 2.98. The Bertz CT molecular complexity index is 746. The predicted octanol–water partition coefficient (Wildman–Crippen LogP) is 4.91. The molecule has 1 aromatic heterocycles. The standard InChI is InChI=1S/C22H25NO2/c1-17-5-9-19(10-6-17)21(22-4-3-15-25-22)13-14-23-16-18-7-11-20(24-2)12-8-18/h3-12,15,21,23H,13-14,16H2,1-2H3/t21-/m1/s1. The Morgan fingerprint density at radius 3 is 2.40 bits per heavy atom. The average molecular weight is 335 g/mol. The molecule has 130 valence electrons. The molecule has 0 aliphatic rings. The fraction of sp³-hybridized carbons (Fsp3) is 0.273. The van der Waals surface area contributed by atoms with E-state index in [4.69, 9.17) is 9.15 Å². The summed E-state index contributed by atoms with van der Waals surface area (Å²) in [7, 11) is 1.69. The zero-order valence-electron chi connectivity index (χ0n) is 14.9. The molecule has 1 heterocycles. The first-order chi connectivity index (χ1) is 12.3. The second-order valence-corrected chi connectivity index (χ2v) is 6.29. The summed E-state index contributed by atoms with van der Waals surface area (Å²) in [5.41, 5.74) is 3.83. The van der Waals surface area contributed by atoms with Crippen LogP contribution < -0.4 is 10.1 Å². The van der Waals surface area contributed by atoms with Crippen LogP contribution in [0.4, 0.5) is 0 Å². The zero-order valence-corrected chi connectivity index (χ0v) is 14.9. The van der Waals surface area contributed by atoms with Crippen molar-refractivity contribution in [3.63, 3.8) is 0 Å². The Balaban J connectivity index is 1.58. The number of furan rings is 1. The van der Waals surface area contributed by atoms with E-state index in [0.717, 1.165) is 31.0 Å². The van der Waals surface area contributed by atoms with Gasteiger partial charge in [0.1, 0.15) is 11.5 Å². The summed E-state index contributed by atoms with van der Waals surface area (Å²) in [6, 6.07) is 20.9. The van der Waals surface area contributed by atoms with Crippen LogP contribution in [0.15, 0.2) is 71.3 Å². The van der Waals surface area contributed by atoms with E-state index in [1.807, 2.05) is 18.2 Å². The third-order valence-electron chi connectivity index (χ3n) is 4.46. The van der Waals surface area contributed by atoms with E-state index in [9.17, 15) is 0 Å². The van der Waals surface area contributed by atoms with Crippen molar-refractivity contribution in [2.45, 2.75) is 25.8 Å². The van der Waals surface area contributed by atoms with Gasteiger partial charge in [0.05, 0.1) is 13.4 Å². The van der Waals surface area contributed by atoms with Crippen molar-refractivity contribution < 1.29 is 9.15 Å². The Morgan fingerprint density at radius 2 is 1.76 bits per heavy atom. The molecule has 2 aromatic carbocycles. The Kier molecular flexibility index (Phi) is 5.91. The number of ether oxygens (including phenoxy) is 1. The molecule has 3 rings (SSSR count). The van der Waals surface area contributed by atoms with Crippen molar-refractivity contribution in [2.24, 2.45) is 0 Å². The van der Waals surface area contributed by atoms with Crippen LogP contribution in [0.3, 0.4) is 0 Å². The number of aryl methyl sites for hydroxylation is 1. The largest absolute Gasteiger partial charge is 0.497 e. The van der Waals surface area contributed by atoms with E-state index < -0.39 is 0 Å². The van der Waals surface area contributed by atoms with Gasteiger partial charge < -0.3 is 14.5 Å². The Hall–Kier alpha value is -2.52. The predicted molar refractivity (Wildman–Crippen MR) is 101 cm³/mol. The minimum atomic E-state index is 0.277. The van der Waals surface area contributed by atoms with Gasteiger partial charge in [-0.2, -0.15) is 0 Å². The maximum atomic E-state index is 5.68. The van der Waals surface area contributed by atoms with Crippen LogP contribution in [-0.4, -0.2) is 13.7 Å². The summed E-state index contributed by atoms with van der Waals surface area (Å²) < 4.78 is 10.9. The molecule has 3 nitrogen and oxygen atoms in total. The zero-order chi connectivity index (χ0) is 17.5. The summed E-state index contributed by atoms with van der Waals surface area (Å²) in [4.78, 5) is 0. The molecular formula is C22H25NO2. The van der Waals surface area contributed by atoms with Gasteiger partial charge in [-0.15, -0.1) is 0 Å². The van der Waals surface area contributed by atoms with Gasteiger partial charge in [-0.3, -0.25) is 0 Å². The first-order valence-electron chi connectivity index (χ1n) is 8.70. The van der Waals surface area contributed by atoms with Crippen molar-refractivity contribution in [3.05, 3.63) is 89.4 Å². The molecule has 0 aliphatic heterocycles. The maximum Gasteiger partial charge on any atom is 0.118 e. The highest BCUT2D eigenvalue weighted by molar-refractivity contribution is 5.30. The van der Waals surface area contributed by atoms with Gasteiger partial charge in [0.15, 0.2) is 0 Å². The van der Waals surface area contributed by atoms with Gasteiger partial charge in [0.25, 0.3) is 0 Å². The quantitative estimate of drug-likeness (QED) is 0.594. The lowest BCUT2D eigenvalue weighted by atomic mass is 9.92. The number of rotatable bonds is 8. The monoisotopic (exact) mass is 335 g/mol. The lowest BCUT2D eigenvalue weighted by Crippen LogP contribution is -2.17. The van der Waals surface area contributed by atoms with Gasteiger partial charge in [0, 0.05) is 12.5 Å². The van der Waals surface area contributed by atoms with Crippen molar-refractivity contribution in [1.29, 1.82) is 0 Å². The number of hydrogen-bond donors (Lipinski definition) is 1. The average Bonchev–Trinajstić information content (AvgIpc) is 3.18. The SMILES string of the molecule is COc1ccc(CNCC[C@H](c2ccc(C)cc2)c2ccco2)cc1. The number of benzene rings is 2. The molecule has 0 saturated carbocycles. The van der Waals surface area contributed by atoms with E-state index in [-0.39, 0.29) is 5.92 Å². The molecule has 0 fully saturated rings. The lowest BCUT2D eigenvalue weighted by Gasteiger charge is -2.16. The highest BCUT2D eigenvalue weighted by Gasteiger charge is 2.16. The smallest absolute Gasteiger partial charge is 0.118 e. The molecule has 3 aromatic rings. The molecule has 0 spiro atoms. The van der Waals surface area contributed by atoms with Crippen LogP contribution in [0.5, 0.6) is 5.75 Å². The van der Waals surface area contributed by atoms with Crippen LogP contribution in [-0.2, 0) is 6.54 Å². The molecule has 25 heavy (non-hydrogen) atoms. The highest BCUT2D eigenvalue weighted by atomic mass is 16.5. The van der Waals surface area contributed by atoms with Gasteiger partial charge in [0.2, 0.25) is 0 Å². The number of nitrogens with one attached hydrogen (secondary N) is 1. The molecule has 1 atom stereocenters. The lowest BCUT2D eigenvalue weighted by molar-refractivity contribution is 0.414. The van der Waals surface area contributed by atoms with E-state index in [1.165, 1.54) is 16.7 Å². The van der Waals surface area contributed by atoms with Crippen LogP contribution in [0.1, 0.15) is 34.8 Å². The van der Waals surface area contributed by atoms with E-state index >= 15 is 0 Å². The molecule has 0 aliphatic carbocycles. The van der Waals surface area contributed by atoms with Crippen molar-refractivity contribution in [3.8, 4) is 5.75 Å². The van der Waals surface area contributed by atoms with Crippen LogP contribution in [0, 0.1) is 6.92 Å². The topological polar surface area (TPSA) is 34.4 Å². The highest BCUT2D eigenvalue weighted by Crippen LogP contribution is 2.28. The summed E-state index contributed by atoms with van der Waals surface area (Å²) in [5.74, 6) is 2.19. The number of hydrogen-bond acceptors (Lipinski definition) is 3. The van der Waals surface area contributed by atoms with E-state index in [1.54, 1.807) is 13.4 Å². The second-order valence-electron chi connectivity index (χ2n) is 6.29. The van der Waals surface area contributed by atoms with Crippen molar-refractivity contribution >= 4 is 0 Å². The molecule has 0 unspecified atom stereocenters. The molecule has 1 N–H and O–H groups in total. The van der Waals surface area contributed by atoms with Crippen LogP contribution in [0.2, 0.25) is 0 Å². The molecule has 0 radical (unpaired) electrons. The van der Waals surface area contributed by atoms with Gasteiger partial charge in [-0.05, 0) is 55.3 Å². The van der Waals surface area contributed by atoms with Gasteiger partial charge in [-0.25, -0.2) is 0 Å². The molecule has 3 heteroatoms. The van der Waals surface area contributed by atoms with Crippen LogP contribution in [0.25, 0.3) is 0 Å². The van der Waals surface area contributed by atoms with Gasteiger partial charge >= 0.3 is 0 Å². The first-order valence-corrected chi connectivity index (χ1v) is 8.70. The van der Waals surface area contributed by atoms with Crippen molar-refractivity contribution in [1.82, 2.24) is 5.32 Å².